The van der Waals surface area contributed by atoms with Gasteiger partial charge in [0.15, 0.2) is 0 Å². The van der Waals surface area contributed by atoms with E-state index in [-0.39, 0.29) is 6.04 Å². The van der Waals surface area contributed by atoms with Gasteiger partial charge in [-0.25, -0.2) is 4.98 Å². The van der Waals surface area contributed by atoms with Gasteiger partial charge in [-0.05, 0) is 44.4 Å². The summed E-state index contributed by atoms with van der Waals surface area (Å²) in [6, 6.07) is 0.137. The molecule has 22 heavy (non-hydrogen) atoms. The minimum Gasteiger partial charge on any atom is -0.378 e. The minimum absolute atomic E-state index is 0.137. The zero-order chi connectivity index (χ0) is 15.4. The van der Waals surface area contributed by atoms with Crippen molar-refractivity contribution in [2.24, 2.45) is 5.92 Å². The molecule has 1 N–H and O–H groups in total. The number of rotatable bonds is 4. The van der Waals surface area contributed by atoms with Crippen molar-refractivity contribution in [3.8, 4) is 0 Å². The van der Waals surface area contributed by atoms with E-state index in [0.717, 1.165) is 51.1 Å². The minimum atomic E-state index is 0.137. The van der Waals surface area contributed by atoms with Gasteiger partial charge in [-0.15, -0.1) is 0 Å². The molecule has 2 fully saturated rings. The molecule has 5 heteroatoms. The molecular weight excluding hydrogens is 278 g/mol. The van der Waals surface area contributed by atoms with Gasteiger partial charge in [0.25, 0.3) is 0 Å². The average molecular weight is 305 g/mol. The van der Waals surface area contributed by atoms with E-state index in [1.54, 1.807) is 6.20 Å². The van der Waals surface area contributed by atoms with Crippen LogP contribution in [0.1, 0.15) is 63.7 Å². The van der Waals surface area contributed by atoms with Gasteiger partial charge < -0.3 is 14.6 Å². The summed E-state index contributed by atoms with van der Waals surface area (Å²) >= 11 is 0. The molecule has 3 atom stereocenters. The van der Waals surface area contributed by atoms with Crippen LogP contribution in [0, 0.1) is 5.92 Å². The van der Waals surface area contributed by atoms with Crippen LogP contribution in [-0.4, -0.2) is 40.0 Å². The van der Waals surface area contributed by atoms with Gasteiger partial charge in [-0.3, -0.25) is 4.79 Å². The van der Waals surface area contributed by atoms with Crippen LogP contribution in [-0.2, 0) is 9.53 Å². The predicted molar refractivity (Wildman–Crippen MR) is 84.3 cm³/mol. The van der Waals surface area contributed by atoms with Crippen LogP contribution in [0.25, 0.3) is 0 Å². The number of carbonyl (C=O) groups excluding carboxylic acids is 1. The highest BCUT2D eigenvalue weighted by molar-refractivity contribution is 5.77. The first kappa shape index (κ1) is 15.5. The van der Waals surface area contributed by atoms with Crippen molar-refractivity contribution in [2.75, 3.05) is 13.2 Å². The van der Waals surface area contributed by atoms with Gasteiger partial charge in [0, 0.05) is 32.0 Å². The lowest BCUT2D eigenvalue weighted by Gasteiger charge is -2.36. The van der Waals surface area contributed by atoms with Crippen LogP contribution in [0.4, 0.5) is 0 Å². The number of nitrogens with one attached hydrogen (secondary N) is 1. The normalized spacial score (nSPS) is 29.5. The van der Waals surface area contributed by atoms with E-state index >= 15 is 0 Å². The summed E-state index contributed by atoms with van der Waals surface area (Å²) in [5.41, 5.74) is 0. The molecular formula is C17H27N3O2. The third-order valence-corrected chi connectivity index (χ3v) is 5.05. The van der Waals surface area contributed by atoms with E-state index in [1.165, 1.54) is 6.42 Å². The van der Waals surface area contributed by atoms with Gasteiger partial charge in [-0.2, -0.15) is 0 Å². The molecule has 2 saturated heterocycles. The van der Waals surface area contributed by atoms with Crippen LogP contribution >= 0.6 is 0 Å². The molecule has 0 saturated carbocycles. The number of ether oxygens (including phenoxy) is 1. The van der Waals surface area contributed by atoms with E-state index in [0.29, 0.717) is 24.3 Å². The highest BCUT2D eigenvalue weighted by Gasteiger charge is 2.32. The second-order valence-electron chi connectivity index (χ2n) is 6.57. The molecule has 1 amide bonds. The van der Waals surface area contributed by atoms with Gasteiger partial charge >= 0.3 is 0 Å². The van der Waals surface area contributed by atoms with Crippen LogP contribution in [0.3, 0.4) is 0 Å². The largest absolute Gasteiger partial charge is 0.378 e. The van der Waals surface area contributed by atoms with Crippen molar-refractivity contribution >= 4 is 5.91 Å². The summed E-state index contributed by atoms with van der Waals surface area (Å²) in [7, 11) is 0. The summed E-state index contributed by atoms with van der Waals surface area (Å²) in [5.74, 6) is 1.71. The fourth-order valence-corrected chi connectivity index (χ4v) is 3.77. The summed E-state index contributed by atoms with van der Waals surface area (Å²) in [4.78, 5) is 22.4. The Hall–Kier alpha value is -1.36. The quantitative estimate of drug-likeness (QED) is 0.930. The van der Waals surface area contributed by atoms with E-state index in [2.05, 4.69) is 21.8 Å². The molecule has 0 aliphatic carbocycles. The number of carbonyl (C=O) groups is 1. The molecule has 0 aromatic carbocycles. The smallest absolute Gasteiger partial charge is 0.223 e. The van der Waals surface area contributed by atoms with Crippen LogP contribution in [0.5, 0.6) is 0 Å². The first-order valence-corrected chi connectivity index (χ1v) is 8.68. The lowest BCUT2D eigenvalue weighted by Crippen LogP contribution is -2.40. The number of piperidine rings is 1. The zero-order valence-corrected chi connectivity index (χ0v) is 13.5. The summed E-state index contributed by atoms with van der Waals surface area (Å²) in [6.45, 7) is 3.83. The maximum atomic E-state index is 12.8. The molecule has 122 valence electrons. The summed E-state index contributed by atoms with van der Waals surface area (Å²) < 4.78 is 5.72. The monoisotopic (exact) mass is 305 g/mol. The van der Waals surface area contributed by atoms with Crippen molar-refractivity contribution in [1.29, 1.82) is 0 Å². The number of imidazole rings is 1. The first-order chi connectivity index (χ1) is 10.8. The maximum Gasteiger partial charge on any atom is 0.223 e. The molecule has 5 nitrogen and oxygen atoms in total. The molecule has 0 spiro atoms. The van der Waals surface area contributed by atoms with Gasteiger partial charge in [0.2, 0.25) is 5.91 Å². The molecule has 0 bridgehead atoms. The number of aromatic amines is 1. The van der Waals surface area contributed by atoms with Crippen LogP contribution < -0.4 is 0 Å². The van der Waals surface area contributed by atoms with Crippen molar-refractivity contribution in [3.05, 3.63) is 18.2 Å². The maximum absolute atomic E-state index is 12.8. The highest BCUT2D eigenvalue weighted by atomic mass is 16.5. The lowest BCUT2D eigenvalue weighted by atomic mass is 9.90. The fourth-order valence-electron chi connectivity index (χ4n) is 3.77. The van der Waals surface area contributed by atoms with E-state index < -0.39 is 0 Å². The molecule has 3 unspecified atom stereocenters. The van der Waals surface area contributed by atoms with Gasteiger partial charge in [0.05, 0.1) is 12.1 Å². The number of aromatic nitrogens is 2. The zero-order valence-electron chi connectivity index (χ0n) is 13.5. The van der Waals surface area contributed by atoms with E-state index in [9.17, 15) is 4.79 Å². The Kier molecular flexibility index (Phi) is 5.13. The van der Waals surface area contributed by atoms with Gasteiger partial charge in [0.1, 0.15) is 5.82 Å². The Morgan fingerprint density at radius 1 is 1.45 bits per heavy atom. The Morgan fingerprint density at radius 2 is 2.36 bits per heavy atom. The summed E-state index contributed by atoms with van der Waals surface area (Å²) in [5, 5.41) is 0. The molecule has 3 rings (SSSR count). The average Bonchev–Trinajstić information content (AvgIpc) is 3.09. The third-order valence-electron chi connectivity index (χ3n) is 5.05. The predicted octanol–water partition coefficient (Wildman–Crippen LogP) is 3.06. The Labute approximate surface area is 132 Å². The highest BCUT2D eigenvalue weighted by Crippen LogP contribution is 2.32. The van der Waals surface area contributed by atoms with Crippen molar-refractivity contribution in [1.82, 2.24) is 14.9 Å². The topological polar surface area (TPSA) is 58.2 Å². The number of nitrogens with zero attached hydrogens (tertiary/aromatic N) is 2. The Morgan fingerprint density at radius 3 is 3.14 bits per heavy atom. The third kappa shape index (κ3) is 3.51. The van der Waals surface area contributed by atoms with Gasteiger partial charge in [-0.1, -0.05) is 6.92 Å². The van der Waals surface area contributed by atoms with Crippen molar-refractivity contribution < 1.29 is 9.53 Å². The van der Waals surface area contributed by atoms with Crippen LogP contribution in [0.2, 0.25) is 0 Å². The SMILES string of the molecule is CCC1CC(CC(=O)N2CCCCC2c2ncc[nH]2)CCO1. The Balaban J connectivity index is 1.62. The van der Waals surface area contributed by atoms with E-state index in [1.807, 2.05) is 6.20 Å². The summed E-state index contributed by atoms with van der Waals surface area (Å²) in [6.07, 6.45) is 11.0. The standard InChI is InChI=1S/C17H27N3O2/c1-2-14-11-13(6-10-22-14)12-16(21)20-9-4-3-5-15(20)17-18-7-8-19-17/h7-8,13-15H,2-6,9-12H2,1H3,(H,18,19). The molecule has 0 radical (unpaired) electrons. The molecule has 2 aliphatic rings. The number of amides is 1. The number of H-pyrrole nitrogens is 1. The second-order valence-corrected chi connectivity index (χ2v) is 6.57. The fraction of sp³-hybridized carbons (Fsp3) is 0.765. The van der Waals surface area contributed by atoms with E-state index in [4.69, 9.17) is 4.74 Å². The van der Waals surface area contributed by atoms with Crippen molar-refractivity contribution in [2.45, 2.75) is 64.0 Å². The van der Waals surface area contributed by atoms with Crippen molar-refractivity contribution in [3.63, 3.8) is 0 Å². The molecule has 1 aromatic heterocycles. The number of likely N-dealkylation sites (tertiary alicyclic amines) is 1. The molecule has 2 aliphatic heterocycles. The molecule has 3 heterocycles. The van der Waals surface area contributed by atoms with Crippen LogP contribution in [0.15, 0.2) is 12.4 Å². The number of hydrogen-bond acceptors (Lipinski definition) is 3. The second kappa shape index (κ2) is 7.27. The lowest BCUT2D eigenvalue weighted by molar-refractivity contribution is -0.137. The molecule has 1 aromatic rings. The Bertz CT molecular complexity index is 474. The first-order valence-electron chi connectivity index (χ1n) is 8.68. The number of hydrogen-bond donors (Lipinski definition) is 1.